The Labute approximate surface area is 157 Å². The lowest BCUT2D eigenvalue weighted by Gasteiger charge is -2.22. The first kappa shape index (κ1) is 18.1. The third kappa shape index (κ3) is 3.47. The molecule has 4 rings (SSSR count). The maximum absolute atomic E-state index is 14.7. The van der Waals surface area contributed by atoms with E-state index in [0.29, 0.717) is 5.69 Å². The molecule has 0 unspecified atom stereocenters. The third-order valence-corrected chi connectivity index (χ3v) is 4.49. The van der Waals surface area contributed by atoms with Gasteiger partial charge in [-0.15, -0.1) is 0 Å². The fourth-order valence-electron chi connectivity index (χ4n) is 3.14. The van der Waals surface area contributed by atoms with Gasteiger partial charge in [0.2, 0.25) is 6.43 Å². The first-order chi connectivity index (χ1) is 13.5. The molecule has 1 aliphatic rings. The van der Waals surface area contributed by atoms with E-state index in [0.717, 1.165) is 17.1 Å². The van der Waals surface area contributed by atoms with E-state index in [4.69, 9.17) is 9.47 Å². The normalized spacial score (nSPS) is 16.8. The molecular formula is C19H16F3N3O3. The second kappa shape index (κ2) is 7.41. The maximum Gasteiger partial charge on any atom is 0.415 e. The van der Waals surface area contributed by atoms with Gasteiger partial charge in [0.1, 0.15) is 24.2 Å². The fourth-order valence-corrected chi connectivity index (χ4v) is 3.14. The van der Waals surface area contributed by atoms with Crippen molar-refractivity contribution in [3.05, 3.63) is 54.1 Å². The van der Waals surface area contributed by atoms with Crippen molar-refractivity contribution in [3.63, 3.8) is 0 Å². The molecule has 1 aromatic heterocycles. The minimum atomic E-state index is -2.48. The Hall–Kier alpha value is -3.23. The van der Waals surface area contributed by atoms with Gasteiger partial charge in [-0.3, -0.25) is 4.90 Å². The number of carbonyl (C=O) groups is 1. The van der Waals surface area contributed by atoms with Crippen molar-refractivity contribution in [1.82, 2.24) is 9.97 Å². The molecule has 0 radical (unpaired) electrons. The highest BCUT2D eigenvalue weighted by Crippen LogP contribution is 2.36. The van der Waals surface area contributed by atoms with Crippen molar-refractivity contribution in [2.75, 3.05) is 18.1 Å². The summed E-state index contributed by atoms with van der Waals surface area (Å²) in [5.41, 5.74) is 2.27. The van der Waals surface area contributed by atoms with Crippen LogP contribution in [-0.2, 0) is 4.74 Å². The number of carbonyl (C=O) groups excluding carboxylic acids is 1. The Morgan fingerprint density at radius 2 is 2.14 bits per heavy atom. The summed E-state index contributed by atoms with van der Waals surface area (Å²) in [7, 11) is 0. The van der Waals surface area contributed by atoms with Gasteiger partial charge >= 0.3 is 6.09 Å². The zero-order valence-corrected chi connectivity index (χ0v) is 14.6. The second-order valence-electron chi connectivity index (χ2n) is 6.28. The van der Waals surface area contributed by atoms with Gasteiger partial charge in [-0.2, -0.15) is 0 Å². The summed E-state index contributed by atoms with van der Waals surface area (Å²) in [5, 5.41) is 0. The molecule has 1 atom stereocenters. The van der Waals surface area contributed by atoms with E-state index in [9.17, 15) is 18.0 Å². The number of anilines is 1. The third-order valence-electron chi connectivity index (χ3n) is 4.49. The van der Waals surface area contributed by atoms with E-state index in [-0.39, 0.29) is 24.5 Å². The van der Waals surface area contributed by atoms with Crippen LogP contribution in [0.1, 0.15) is 18.0 Å². The molecule has 1 N–H and O–H groups in total. The van der Waals surface area contributed by atoms with E-state index >= 15 is 0 Å². The number of hydrogen-bond acceptors (Lipinski definition) is 4. The number of cyclic esters (lactones) is 1. The van der Waals surface area contributed by atoms with E-state index < -0.39 is 30.8 Å². The van der Waals surface area contributed by atoms with E-state index in [1.807, 2.05) is 0 Å². The average Bonchev–Trinajstić information content (AvgIpc) is 3.27. The predicted molar refractivity (Wildman–Crippen MR) is 95.2 cm³/mol. The molecule has 146 valence electrons. The predicted octanol–water partition coefficient (Wildman–Crippen LogP) is 4.43. The molecular weight excluding hydrogens is 375 g/mol. The zero-order valence-electron chi connectivity index (χ0n) is 14.6. The molecule has 0 bridgehead atoms. The Bertz CT molecular complexity index is 1010. The van der Waals surface area contributed by atoms with E-state index in [2.05, 4.69) is 9.97 Å². The van der Waals surface area contributed by atoms with Gasteiger partial charge in [0.05, 0.1) is 29.7 Å². The number of halogens is 3. The standard InChI is InChI=1S/C19H16F3N3O3/c20-14-8-12(27-6-5-18(21)22)2-3-13(14)17-9-28-19(26)25(17)11-1-4-15-16(7-11)24-10-23-15/h1-4,7-8,10,17-18H,5-6,9H2,(H,23,24)/t17-/m1/s1. The number of aromatic nitrogens is 2. The van der Waals surface area contributed by atoms with Crippen LogP contribution in [0.5, 0.6) is 5.75 Å². The van der Waals surface area contributed by atoms with Crippen molar-refractivity contribution in [3.8, 4) is 5.75 Å². The number of benzene rings is 2. The molecule has 2 heterocycles. The minimum absolute atomic E-state index is 0.0116. The number of alkyl halides is 2. The lowest BCUT2D eigenvalue weighted by Crippen LogP contribution is -2.27. The highest BCUT2D eigenvalue weighted by atomic mass is 19.3. The van der Waals surface area contributed by atoms with Crippen LogP contribution >= 0.6 is 0 Å². The van der Waals surface area contributed by atoms with Gasteiger partial charge in [0, 0.05) is 18.1 Å². The fraction of sp³-hybridized carbons (Fsp3) is 0.263. The van der Waals surface area contributed by atoms with Gasteiger partial charge < -0.3 is 14.5 Å². The van der Waals surface area contributed by atoms with Gasteiger partial charge in [0.15, 0.2) is 0 Å². The van der Waals surface area contributed by atoms with Gasteiger partial charge in [-0.25, -0.2) is 22.9 Å². The first-order valence-corrected chi connectivity index (χ1v) is 8.62. The number of ether oxygens (including phenoxy) is 2. The van der Waals surface area contributed by atoms with Crippen molar-refractivity contribution in [2.45, 2.75) is 18.9 Å². The van der Waals surface area contributed by atoms with Crippen LogP contribution in [0.4, 0.5) is 23.7 Å². The average molecular weight is 391 g/mol. The lowest BCUT2D eigenvalue weighted by atomic mass is 10.0. The van der Waals surface area contributed by atoms with Crippen LogP contribution < -0.4 is 9.64 Å². The highest BCUT2D eigenvalue weighted by molar-refractivity contribution is 5.93. The number of rotatable bonds is 6. The molecule has 1 saturated heterocycles. The summed E-state index contributed by atoms with van der Waals surface area (Å²) in [6.45, 7) is -0.222. The number of nitrogens with zero attached hydrogens (tertiary/aromatic N) is 2. The monoisotopic (exact) mass is 391 g/mol. The molecule has 0 aliphatic carbocycles. The molecule has 1 fully saturated rings. The Morgan fingerprint density at radius 1 is 1.29 bits per heavy atom. The quantitative estimate of drug-likeness (QED) is 0.675. The van der Waals surface area contributed by atoms with Crippen molar-refractivity contribution >= 4 is 22.8 Å². The number of hydrogen-bond donors (Lipinski definition) is 1. The van der Waals surface area contributed by atoms with Crippen LogP contribution in [0, 0.1) is 5.82 Å². The summed E-state index contributed by atoms with van der Waals surface area (Å²) in [6, 6.07) is 8.62. The zero-order chi connectivity index (χ0) is 19.7. The molecule has 2 aromatic carbocycles. The number of amides is 1. The van der Waals surface area contributed by atoms with Gasteiger partial charge in [0.25, 0.3) is 0 Å². The number of fused-ring (bicyclic) bond motifs is 1. The van der Waals surface area contributed by atoms with Crippen LogP contribution in [0.15, 0.2) is 42.7 Å². The number of H-pyrrole nitrogens is 1. The minimum Gasteiger partial charge on any atom is -0.493 e. The molecule has 1 aliphatic heterocycles. The molecule has 0 saturated carbocycles. The van der Waals surface area contributed by atoms with Crippen LogP contribution in [0.2, 0.25) is 0 Å². The molecule has 3 aromatic rings. The Kier molecular flexibility index (Phi) is 4.81. The molecule has 28 heavy (non-hydrogen) atoms. The largest absolute Gasteiger partial charge is 0.493 e. The summed E-state index contributed by atoms with van der Waals surface area (Å²) in [5.74, 6) is -0.456. The molecule has 1 amide bonds. The smallest absolute Gasteiger partial charge is 0.415 e. The number of aromatic amines is 1. The Morgan fingerprint density at radius 3 is 2.93 bits per heavy atom. The van der Waals surface area contributed by atoms with Gasteiger partial charge in [-0.1, -0.05) is 6.07 Å². The van der Waals surface area contributed by atoms with Crippen LogP contribution in [-0.4, -0.2) is 35.7 Å². The summed E-state index contributed by atoms with van der Waals surface area (Å²) in [6.07, 6.45) is -1.95. The number of nitrogens with one attached hydrogen (secondary N) is 1. The first-order valence-electron chi connectivity index (χ1n) is 8.62. The molecule has 6 nitrogen and oxygen atoms in total. The van der Waals surface area contributed by atoms with E-state index in [1.54, 1.807) is 24.5 Å². The molecule has 0 spiro atoms. The summed E-state index contributed by atoms with van der Waals surface area (Å²) in [4.78, 5) is 20.7. The van der Waals surface area contributed by atoms with Crippen molar-refractivity contribution in [1.29, 1.82) is 0 Å². The summed E-state index contributed by atoms with van der Waals surface area (Å²) >= 11 is 0. The summed E-state index contributed by atoms with van der Waals surface area (Å²) < 4.78 is 49.3. The maximum atomic E-state index is 14.7. The SMILES string of the molecule is O=C1OC[C@H](c2ccc(OCCC(F)F)cc2F)N1c1ccc2nc[nH]c2c1. The molecule has 9 heteroatoms. The van der Waals surface area contributed by atoms with Crippen molar-refractivity contribution < 1.29 is 27.4 Å². The lowest BCUT2D eigenvalue weighted by molar-refractivity contribution is 0.114. The number of imidazole rings is 1. The second-order valence-corrected chi connectivity index (χ2v) is 6.28. The van der Waals surface area contributed by atoms with Crippen LogP contribution in [0.3, 0.4) is 0 Å². The topological polar surface area (TPSA) is 67.5 Å². The van der Waals surface area contributed by atoms with Gasteiger partial charge in [-0.05, 0) is 24.3 Å². The Balaban J connectivity index is 1.59. The van der Waals surface area contributed by atoms with Crippen molar-refractivity contribution in [2.24, 2.45) is 0 Å². The van der Waals surface area contributed by atoms with Crippen LogP contribution in [0.25, 0.3) is 11.0 Å². The highest BCUT2D eigenvalue weighted by Gasteiger charge is 2.37. The van der Waals surface area contributed by atoms with E-state index in [1.165, 1.54) is 17.0 Å².